The van der Waals surface area contributed by atoms with Gasteiger partial charge < -0.3 is 0 Å². The van der Waals surface area contributed by atoms with Crippen molar-refractivity contribution >= 4 is 22.9 Å². The molecule has 0 radical (unpaired) electrons. The summed E-state index contributed by atoms with van der Waals surface area (Å²) >= 11 is 0. The Morgan fingerprint density at radius 1 is 1.09 bits per heavy atom. The van der Waals surface area contributed by atoms with E-state index < -0.39 is 20.7 Å². The Bertz CT molecular complexity index is 710. The van der Waals surface area contributed by atoms with Crippen LogP contribution in [0.5, 0.6) is 0 Å². The maximum absolute atomic E-state index is 12.4. The molecule has 114 valence electrons. The van der Waals surface area contributed by atoms with Crippen LogP contribution in [0, 0.1) is 10.1 Å². The molecule has 2 rings (SSSR count). The molecule has 0 saturated heterocycles. The van der Waals surface area contributed by atoms with Gasteiger partial charge in [-0.25, -0.2) is 4.21 Å². The second-order valence-corrected chi connectivity index (χ2v) is 6.94. The van der Waals surface area contributed by atoms with Crippen LogP contribution in [0.1, 0.15) is 25.0 Å². The van der Waals surface area contributed by atoms with Gasteiger partial charge in [0.05, 0.1) is 9.67 Å². The molecule has 0 N–H and O–H groups in total. The third-order valence-corrected chi connectivity index (χ3v) is 4.71. The van der Waals surface area contributed by atoms with Crippen molar-refractivity contribution in [3.05, 3.63) is 75.8 Å². The Balaban J connectivity index is 2.15. The van der Waals surface area contributed by atoms with Crippen LogP contribution in [0.3, 0.4) is 0 Å². The van der Waals surface area contributed by atoms with Gasteiger partial charge in [-0.2, -0.15) is 4.40 Å². The Kier molecular flexibility index (Phi) is 4.82. The van der Waals surface area contributed by atoms with Gasteiger partial charge in [-0.15, -0.1) is 0 Å². The lowest BCUT2D eigenvalue weighted by Crippen LogP contribution is -2.22. The molecule has 0 fully saturated rings. The molecular weight excluding hydrogens is 300 g/mol. The minimum Gasteiger partial charge on any atom is -0.258 e. The van der Waals surface area contributed by atoms with E-state index in [4.69, 9.17) is 0 Å². The van der Waals surface area contributed by atoms with Crippen LogP contribution in [-0.2, 0) is 15.7 Å². The van der Waals surface area contributed by atoms with E-state index in [2.05, 4.69) is 4.40 Å². The first-order chi connectivity index (χ1) is 10.4. The summed E-state index contributed by atoms with van der Waals surface area (Å²) in [5, 5.41) is 10.6. The fourth-order valence-electron chi connectivity index (χ4n) is 1.86. The van der Waals surface area contributed by atoms with Crippen LogP contribution in [0.2, 0.25) is 0 Å². The monoisotopic (exact) mass is 316 g/mol. The number of nitrogens with zero attached hydrogens (tertiary/aromatic N) is 2. The first-order valence-corrected chi connectivity index (χ1v) is 7.78. The van der Waals surface area contributed by atoms with Crippen LogP contribution in [-0.4, -0.2) is 15.3 Å². The lowest BCUT2D eigenvalue weighted by atomic mass is 10.0. The van der Waals surface area contributed by atoms with Crippen molar-refractivity contribution in [2.45, 2.75) is 18.6 Å². The molecule has 0 heterocycles. The smallest absolute Gasteiger partial charge is 0.258 e. The Morgan fingerprint density at radius 2 is 1.68 bits per heavy atom. The van der Waals surface area contributed by atoms with E-state index in [9.17, 15) is 14.3 Å². The number of rotatable bonds is 5. The van der Waals surface area contributed by atoms with Gasteiger partial charge in [0, 0.05) is 18.3 Å². The van der Waals surface area contributed by atoms with Gasteiger partial charge in [-0.3, -0.25) is 10.1 Å². The highest BCUT2D eigenvalue weighted by Gasteiger charge is 2.27. The van der Waals surface area contributed by atoms with Gasteiger partial charge >= 0.3 is 0 Å². The maximum Gasteiger partial charge on any atom is 0.269 e. The van der Waals surface area contributed by atoms with E-state index in [1.165, 1.54) is 18.3 Å². The Labute approximate surface area is 131 Å². The van der Waals surface area contributed by atoms with E-state index in [0.29, 0.717) is 5.56 Å². The molecule has 2 aromatic carbocycles. The van der Waals surface area contributed by atoms with Crippen LogP contribution in [0.4, 0.5) is 5.69 Å². The molecule has 1 atom stereocenters. The summed E-state index contributed by atoms with van der Waals surface area (Å²) in [6.45, 7) is 3.73. The Morgan fingerprint density at radius 3 is 2.23 bits per heavy atom. The molecule has 0 aliphatic carbocycles. The number of hydrogen-bond acceptors (Lipinski definition) is 3. The van der Waals surface area contributed by atoms with E-state index in [1.54, 1.807) is 12.1 Å². The number of hydrogen-bond donors (Lipinski definition) is 0. The molecule has 5 nitrogen and oxygen atoms in total. The number of non-ortho nitro benzene ring substituents is 1. The van der Waals surface area contributed by atoms with Crippen molar-refractivity contribution in [2.24, 2.45) is 4.40 Å². The third kappa shape index (κ3) is 3.65. The fourth-order valence-corrected chi connectivity index (χ4v) is 2.68. The van der Waals surface area contributed by atoms with E-state index in [0.717, 1.165) is 5.56 Å². The molecule has 0 aliphatic heterocycles. The average Bonchev–Trinajstić information content (AvgIpc) is 2.53. The summed E-state index contributed by atoms with van der Waals surface area (Å²) in [7, 11) is -1.46. The van der Waals surface area contributed by atoms with E-state index in [-0.39, 0.29) is 5.69 Å². The molecule has 22 heavy (non-hydrogen) atoms. The summed E-state index contributed by atoms with van der Waals surface area (Å²) in [4.78, 5) is 10.1. The zero-order chi connectivity index (χ0) is 16.2. The second-order valence-electron chi connectivity index (χ2n) is 5.21. The summed E-state index contributed by atoms with van der Waals surface area (Å²) in [5.41, 5.74) is 1.62. The molecule has 2 aromatic rings. The molecule has 0 bridgehead atoms. The van der Waals surface area contributed by atoms with Gasteiger partial charge in [0.25, 0.3) is 5.69 Å². The van der Waals surface area contributed by atoms with Crippen molar-refractivity contribution in [2.75, 3.05) is 0 Å². The summed E-state index contributed by atoms with van der Waals surface area (Å²) < 4.78 is 15.9. The minimum absolute atomic E-state index is 0.0166. The standard InChI is InChI=1S/C16H16N2O3S/c1-16(2,14-6-4-3-5-7-14)22(21)17-12-13-8-10-15(11-9-13)18(19)20/h3-12H,1-2H3/b17-12+. The highest BCUT2D eigenvalue weighted by molar-refractivity contribution is 7.84. The largest absolute Gasteiger partial charge is 0.269 e. The lowest BCUT2D eigenvalue weighted by molar-refractivity contribution is -0.384. The van der Waals surface area contributed by atoms with Gasteiger partial charge in [-0.1, -0.05) is 30.3 Å². The van der Waals surface area contributed by atoms with Crippen LogP contribution in [0.25, 0.3) is 0 Å². The number of benzene rings is 2. The Hall–Kier alpha value is -2.34. The van der Waals surface area contributed by atoms with Crippen LogP contribution < -0.4 is 0 Å². The molecule has 0 aromatic heterocycles. The maximum atomic E-state index is 12.4. The van der Waals surface area contributed by atoms with Crippen molar-refractivity contribution in [3.8, 4) is 0 Å². The van der Waals surface area contributed by atoms with Gasteiger partial charge in [0.1, 0.15) is 11.0 Å². The molecule has 0 amide bonds. The van der Waals surface area contributed by atoms with Crippen molar-refractivity contribution in [1.82, 2.24) is 0 Å². The normalized spacial score (nSPS) is 13.2. The fraction of sp³-hybridized carbons (Fsp3) is 0.188. The number of nitro benzene ring substituents is 1. The van der Waals surface area contributed by atoms with Crippen molar-refractivity contribution in [3.63, 3.8) is 0 Å². The molecule has 0 saturated carbocycles. The minimum atomic E-state index is -1.46. The predicted molar refractivity (Wildman–Crippen MR) is 88.3 cm³/mol. The summed E-state index contributed by atoms with van der Waals surface area (Å²) in [6.07, 6.45) is 1.48. The highest BCUT2D eigenvalue weighted by Crippen LogP contribution is 2.27. The number of nitro groups is 1. The van der Waals surface area contributed by atoms with Gasteiger partial charge in [-0.05, 0) is 37.1 Å². The summed E-state index contributed by atoms with van der Waals surface area (Å²) in [5.74, 6) is 0. The zero-order valence-corrected chi connectivity index (χ0v) is 13.1. The van der Waals surface area contributed by atoms with E-state index in [1.807, 2.05) is 44.2 Å². The zero-order valence-electron chi connectivity index (χ0n) is 12.3. The quantitative estimate of drug-likeness (QED) is 0.480. The molecule has 1 unspecified atom stereocenters. The third-order valence-electron chi connectivity index (χ3n) is 3.31. The van der Waals surface area contributed by atoms with Crippen molar-refractivity contribution in [1.29, 1.82) is 0 Å². The SMILES string of the molecule is CC(C)(c1ccccc1)S(=O)/N=C/c1ccc([N+](=O)[O-])cc1. The first kappa shape index (κ1) is 16.0. The average molecular weight is 316 g/mol. The van der Waals surface area contributed by atoms with Crippen LogP contribution in [0.15, 0.2) is 59.0 Å². The first-order valence-electron chi connectivity index (χ1n) is 6.67. The van der Waals surface area contributed by atoms with Gasteiger partial charge in [0.2, 0.25) is 0 Å². The highest BCUT2D eigenvalue weighted by atomic mass is 32.2. The second kappa shape index (κ2) is 6.62. The van der Waals surface area contributed by atoms with Crippen molar-refractivity contribution < 1.29 is 9.13 Å². The molecular formula is C16H16N2O3S. The van der Waals surface area contributed by atoms with Crippen LogP contribution >= 0.6 is 0 Å². The molecule has 0 spiro atoms. The predicted octanol–water partition coefficient (Wildman–Crippen LogP) is 3.61. The molecule has 6 heteroatoms. The lowest BCUT2D eigenvalue weighted by Gasteiger charge is -2.21. The topological polar surface area (TPSA) is 72.6 Å². The summed E-state index contributed by atoms with van der Waals surface area (Å²) in [6, 6.07) is 15.5. The van der Waals surface area contributed by atoms with E-state index >= 15 is 0 Å². The van der Waals surface area contributed by atoms with Gasteiger partial charge in [0.15, 0.2) is 0 Å². The molecule has 0 aliphatic rings.